The summed E-state index contributed by atoms with van der Waals surface area (Å²) in [5, 5.41) is 6.78. The molecule has 0 aliphatic carbocycles. The number of nitrogens with zero attached hydrogens (tertiary/aromatic N) is 2. The Morgan fingerprint density at radius 3 is 2.39 bits per heavy atom. The quantitative estimate of drug-likeness (QED) is 0.777. The van der Waals surface area contributed by atoms with Crippen molar-refractivity contribution >= 4 is 11.6 Å². The summed E-state index contributed by atoms with van der Waals surface area (Å²) in [7, 11) is 0. The number of aromatic nitrogens is 2. The van der Waals surface area contributed by atoms with Gasteiger partial charge in [0.1, 0.15) is 17.5 Å². The number of anilines is 2. The minimum absolute atomic E-state index is 0.451. The summed E-state index contributed by atoms with van der Waals surface area (Å²) in [4.78, 5) is 8.93. The molecule has 4 heteroatoms. The van der Waals surface area contributed by atoms with E-state index in [2.05, 4.69) is 48.3 Å². The van der Waals surface area contributed by atoms with Crippen LogP contribution in [0, 0.1) is 13.8 Å². The third-order valence-corrected chi connectivity index (χ3v) is 2.98. The maximum absolute atomic E-state index is 4.50. The molecular weight excluding hydrogens is 224 g/mol. The van der Waals surface area contributed by atoms with E-state index in [0.29, 0.717) is 6.04 Å². The highest BCUT2D eigenvalue weighted by atomic mass is 15.1. The van der Waals surface area contributed by atoms with Crippen molar-refractivity contribution in [1.82, 2.24) is 9.97 Å². The first kappa shape index (κ1) is 14.7. The first-order chi connectivity index (χ1) is 8.58. The van der Waals surface area contributed by atoms with E-state index in [0.717, 1.165) is 29.6 Å². The second kappa shape index (κ2) is 7.19. The van der Waals surface area contributed by atoms with Crippen molar-refractivity contribution in [3.05, 3.63) is 11.4 Å². The van der Waals surface area contributed by atoms with Gasteiger partial charge in [-0.3, -0.25) is 0 Å². The third-order valence-electron chi connectivity index (χ3n) is 2.98. The Morgan fingerprint density at radius 1 is 1.11 bits per heavy atom. The molecule has 0 aromatic carbocycles. The average molecular weight is 250 g/mol. The van der Waals surface area contributed by atoms with E-state index in [1.807, 2.05) is 6.92 Å². The Kier molecular flexibility index (Phi) is 5.89. The van der Waals surface area contributed by atoms with Gasteiger partial charge in [-0.15, -0.1) is 0 Å². The van der Waals surface area contributed by atoms with Gasteiger partial charge in [-0.05, 0) is 34.1 Å². The number of rotatable bonds is 7. The fourth-order valence-corrected chi connectivity index (χ4v) is 1.92. The predicted octanol–water partition coefficient (Wildman–Crippen LogP) is 3.52. The van der Waals surface area contributed by atoms with Crippen molar-refractivity contribution in [3.63, 3.8) is 0 Å². The summed E-state index contributed by atoms with van der Waals surface area (Å²) in [5.74, 6) is 2.71. The lowest BCUT2D eigenvalue weighted by molar-refractivity contribution is 0.642. The molecule has 0 saturated heterocycles. The molecule has 4 nitrogen and oxygen atoms in total. The summed E-state index contributed by atoms with van der Waals surface area (Å²) in [5.41, 5.74) is 1.10. The lowest BCUT2D eigenvalue weighted by Gasteiger charge is -2.18. The standard InChI is InChI=1S/C14H26N4/c1-6-8-9-10(3)16-14-11(4)13(15-7-2)17-12(5)18-14/h10H,6-9H2,1-5H3,(H2,15,16,17,18). The smallest absolute Gasteiger partial charge is 0.134 e. The molecule has 0 aliphatic rings. The molecule has 0 amide bonds. The lowest BCUT2D eigenvalue weighted by atomic mass is 10.1. The molecule has 1 heterocycles. The van der Waals surface area contributed by atoms with Gasteiger partial charge < -0.3 is 10.6 Å². The van der Waals surface area contributed by atoms with Crippen LogP contribution in [0.25, 0.3) is 0 Å². The van der Waals surface area contributed by atoms with Crippen LogP contribution in [-0.4, -0.2) is 22.6 Å². The molecule has 0 spiro atoms. The maximum atomic E-state index is 4.50. The van der Waals surface area contributed by atoms with Gasteiger partial charge in [0.2, 0.25) is 0 Å². The number of hydrogen-bond acceptors (Lipinski definition) is 4. The third kappa shape index (κ3) is 4.17. The van der Waals surface area contributed by atoms with Crippen LogP contribution in [0.5, 0.6) is 0 Å². The number of unbranched alkanes of at least 4 members (excludes halogenated alkanes) is 1. The van der Waals surface area contributed by atoms with E-state index in [1.165, 1.54) is 19.3 Å². The van der Waals surface area contributed by atoms with Gasteiger partial charge in [-0.2, -0.15) is 0 Å². The zero-order valence-electron chi connectivity index (χ0n) is 12.3. The highest BCUT2D eigenvalue weighted by Gasteiger charge is 2.10. The zero-order chi connectivity index (χ0) is 13.5. The van der Waals surface area contributed by atoms with Crippen molar-refractivity contribution in [1.29, 1.82) is 0 Å². The highest BCUT2D eigenvalue weighted by Crippen LogP contribution is 2.21. The van der Waals surface area contributed by atoms with E-state index >= 15 is 0 Å². The summed E-state index contributed by atoms with van der Waals surface area (Å²) in [6, 6.07) is 0.451. The molecule has 0 radical (unpaired) electrons. The van der Waals surface area contributed by atoms with E-state index in [4.69, 9.17) is 0 Å². The van der Waals surface area contributed by atoms with Gasteiger partial charge in [-0.25, -0.2) is 9.97 Å². The van der Waals surface area contributed by atoms with Crippen LogP contribution < -0.4 is 10.6 Å². The lowest BCUT2D eigenvalue weighted by Crippen LogP contribution is -2.18. The molecule has 18 heavy (non-hydrogen) atoms. The Hall–Kier alpha value is -1.32. The molecule has 1 unspecified atom stereocenters. The first-order valence-corrected chi connectivity index (χ1v) is 6.94. The normalized spacial score (nSPS) is 12.3. The van der Waals surface area contributed by atoms with Gasteiger partial charge in [0.05, 0.1) is 0 Å². The SMILES string of the molecule is CCCCC(C)Nc1nc(C)nc(NCC)c1C. The van der Waals surface area contributed by atoms with Crippen LogP contribution in [0.1, 0.15) is 51.4 Å². The van der Waals surface area contributed by atoms with Crippen LogP contribution in [0.2, 0.25) is 0 Å². The van der Waals surface area contributed by atoms with Crippen LogP contribution in [0.3, 0.4) is 0 Å². The maximum Gasteiger partial charge on any atom is 0.134 e. The Balaban J connectivity index is 2.81. The largest absolute Gasteiger partial charge is 0.370 e. The Morgan fingerprint density at radius 2 is 1.78 bits per heavy atom. The van der Waals surface area contributed by atoms with Gasteiger partial charge in [0.15, 0.2) is 0 Å². The minimum Gasteiger partial charge on any atom is -0.370 e. The van der Waals surface area contributed by atoms with Crippen LogP contribution in [-0.2, 0) is 0 Å². The second-order valence-electron chi connectivity index (χ2n) is 4.81. The molecule has 1 rings (SSSR count). The molecule has 1 atom stereocenters. The van der Waals surface area contributed by atoms with E-state index in [9.17, 15) is 0 Å². The van der Waals surface area contributed by atoms with E-state index < -0.39 is 0 Å². The van der Waals surface area contributed by atoms with Crippen LogP contribution in [0.4, 0.5) is 11.6 Å². The summed E-state index contributed by atoms with van der Waals surface area (Å²) < 4.78 is 0. The molecule has 1 aromatic rings. The average Bonchev–Trinajstić information content (AvgIpc) is 2.32. The molecule has 102 valence electrons. The van der Waals surface area contributed by atoms with Crippen molar-refractivity contribution in [2.24, 2.45) is 0 Å². The van der Waals surface area contributed by atoms with Crippen LogP contribution >= 0.6 is 0 Å². The second-order valence-corrected chi connectivity index (χ2v) is 4.81. The van der Waals surface area contributed by atoms with Gasteiger partial charge in [-0.1, -0.05) is 19.8 Å². The topological polar surface area (TPSA) is 49.8 Å². The van der Waals surface area contributed by atoms with Crippen LogP contribution in [0.15, 0.2) is 0 Å². The minimum atomic E-state index is 0.451. The summed E-state index contributed by atoms with van der Waals surface area (Å²) in [6.45, 7) is 11.4. The monoisotopic (exact) mass is 250 g/mol. The summed E-state index contributed by atoms with van der Waals surface area (Å²) >= 11 is 0. The van der Waals surface area contributed by atoms with Gasteiger partial charge in [0, 0.05) is 18.2 Å². The van der Waals surface area contributed by atoms with Crippen molar-refractivity contribution in [2.75, 3.05) is 17.2 Å². The fraction of sp³-hybridized carbons (Fsp3) is 0.714. The van der Waals surface area contributed by atoms with E-state index in [-0.39, 0.29) is 0 Å². The number of aryl methyl sites for hydroxylation is 1. The fourth-order valence-electron chi connectivity index (χ4n) is 1.92. The molecule has 0 aliphatic heterocycles. The zero-order valence-corrected chi connectivity index (χ0v) is 12.3. The van der Waals surface area contributed by atoms with Gasteiger partial charge >= 0.3 is 0 Å². The number of hydrogen-bond donors (Lipinski definition) is 2. The molecule has 2 N–H and O–H groups in total. The molecule has 0 fully saturated rings. The van der Waals surface area contributed by atoms with E-state index in [1.54, 1.807) is 0 Å². The molecule has 1 aromatic heterocycles. The number of nitrogens with one attached hydrogen (secondary N) is 2. The molecule has 0 bridgehead atoms. The highest BCUT2D eigenvalue weighted by molar-refractivity contribution is 5.57. The Labute approximate surface area is 111 Å². The Bertz CT molecular complexity index is 376. The van der Waals surface area contributed by atoms with Crippen molar-refractivity contribution in [3.8, 4) is 0 Å². The van der Waals surface area contributed by atoms with Crippen molar-refractivity contribution < 1.29 is 0 Å². The van der Waals surface area contributed by atoms with Gasteiger partial charge in [0.25, 0.3) is 0 Å². The summed E-state index contributed by atoms with van der Waals surface area (Å²) in [6.07, 6.45) is 3.66. The first-order valence-electron chi connectivity index (χ1n) is 6.94. The predicted molar refractivity (Wildman–Crippen MR) is 78.3 cm³/mol. The van der Waals surface area contributed by atoms with Crippen molar-refractivity contribution in [2.45, 2.75) is 59.9 Å². The molecular formula is C14H26N4. The molecule has 0 saturated carbocycles.